The number of alkyl halides is 3. The van der Waals surface area contributed by atoms with E-state index in [0.717, 1.165) is 0 Å². The standard InChI is InChI=1S/C7H15F3N2O/c1-13-5-3-6(12-11)2-4-7(8,9)10/h6,12H,2-5,11H2,1H3. The normalized spacial score (nSPS) is 14.5. The molecule has 0 aromatic heterocycles. The summed E-state index contributed by atoms with van der Waals surface area (Å²) >= 11 is 0. The van der Waals surface area contributed by atoms with Gasteiger partial charge in [-0.05, 0) is 12.8 Å². The van der Waals surface area contributed by atoms with Crippen LogP contribution in [0.1, 0.15) is 19.3 Å². The van der Waals surface area contributed by atoms with Crippen LogP contribution < -0.4 is 11.3 Å². The van der Waals surface area contributed by atoms with Gasteiger partial charge in [-0.2, -0.15) is 13.2 Å². The molecule has 0 rings (SSSR count). The molecule has 80 valence electrons. The van der Waals surface area contributed by atoms with Crippen LogP contribution in [-0.2, 0) is 4.74 Å². The van der Waals surface area contributed by atoms with E-state index in [4.69, 9.17) is 10.6 Å². The van der Waals surface area contributed by atoms with Gasteiger partial charge in [-0.3, -0.25) is 11.3 Å². The fourth-order valence-electron chi connectivity index (χ4n) is 0.909. The Morgan fingerprint density at radius 3 is 2.38 bits per heavy atom. The van der Waals surface area contributed by atoms with Crippen LogP contribution in [0.5, 0.6) is 0 Å². The smallest absolute Gasteiger partial charge is 0.385 e. The minimum absolute atomic E-state index is 0.0106. The van der Waals surface area contributed by atoms with Crippen LogP contribution >= 0.6 is 0 Å². The van der Waals surface area contributed by atoms with Crippen LogP contribution in [-0.4, -0.2) is 25.9 Å². The number of methoxy groups -OCH3 is 1. The molecule has 0 saturated carbocycles. The van der Waals surface area contributed by atoms with E-state index < -0.39 is 12.6 Å². The Balaban J connectivity index is 3.59. The Labute approximate surface area is 75.4 Å². The molecule has 0 aliphatic heterocycles. The van der Waals surface area contributed by atoms with Gasteiger partial charge in [0.05, 0.1) is 0 Å². The van der Waals surface area contributed by atoms with Crippen LogP contribution in [0.4, 0.5) is 13.2 Å². The van der Waals surface area contributed by atoms with Gasteiger partial charge in [0, 0.05) is 26.2 Å². The Morgan fingerprint density at radius 2 is 2.00 bits per heavy atom. The zero-order chi connectivity index (χ0) is 10.3. The van der Waals surface area contributed by atoms with Gasteiger partial charge in [-0.15, -0.1) is 0 Å². The van der Waals surface area contributed by atoms with E-state index in [9.17, 15) is 13.2 Å². The highest BCUT2D eigenvalue weighted by molar-refractivity contribution is 4.65. The summed E-state index contributed by atoms with van der Waals surface area (Å²) in [6.45, 7) is 0.409. The first kappa shape index (κ1) is 12.7. The van der Waals surface area contributed by atoms with Gasteiger partial charge < -0.3 is 4.74 Å². The number of hydrogen-bond acceptors (Lipinski definition) is 3. The summed E-state index contributed by atoms with van der Waals surface area (Å²) in [7, 11) is 1.50. The third-order valence-electron chi connectivity index (χ3n) is 1.68. The monoisotopic (exact) mass is 200 g/mol. The SMILES string of the molecule is COCCC(CCC(F)(F)F)NN. The minimum Gasteiger partial charge on any atom is -0.385 e. The molecule has 0 spiro atoms. The van der Waals surface area contributed by atoms with E-state index in [-0.39, 0.29) is 12.5 Å². The highest BCUT2D eigenvalue weighted by atomic mass is 19.4. The van der Waals surface area contributed by atoms with Crippen molar-refractivity contribution in [1.29, 1.82) is 0 Å². The summed E-state index contributed by atoms with van der Waals surface area (Å²) < 4.78 is 40.1. The molecule has 0 radical (unpaired) electrons. The predicted octanol–water partition coefficient (Wildman–Crippen LogP) is 1.20. The molecule has 0 aromatic carbocycles. The average molecular weight is 200 g/mol. The molecular weight excluding hydrogens is 185 g/mol. The lowest BCUT2D eigenvalue weighted by Crippen LogP contribution is -2.36. The van der Waals surface area contributed by atoms with Crippen molar-refractivity contribution < 1.29 is 17.9 Å². The molecule has 0 bridgehead atoms. The van der Waals surface area contributed by atoms with Crippen LogP contribution in [0.25, 0.3) is 0 Å². The molecular formula is C7H15F3N2O. The van der Waals surface area contributed by atoms with E-state index in [2.05, 4.69) is 5.43 Å². The van der Waals surface area contributed by atoms with E-state index in [0.29, 0.717) is 13.0 Å². The second-order valence-electron chi connectivity index (χ2n) is 2.80. The van der Waals surface area contributed by atoms with Gasteiger partial charge >= 0.3 is 6.18 Å². The van der Waals surface area contributed by atoms with Crippen molar-refractivity contribution in [1.82, 2.24) is 5.43 Å². The summed E-state index contributed by atoms with van der Waals surface area (Å²) in [5, 5.41) is 0. The first-order chi connectivity index (χ1) is 5.99. The fourth-order valence-corrected chi connectivity index (χ4v) is 0.909. The van der Waals surface area contributed by atoms with Crippen LogP contribution in [0.15, 0.2) is 0 Å². The lowest BCUT2D eigenvalue weighted by molar-refractivity contribution is -0.136. The lowest BCUT2D eigenvalue weighted by Gasteiger charge is -2.15. The number of hydrogen-bond donors (Lipinski definition) is 2. The molecule has 1 unspecified atom stereocenters. The van der Waals surface area contributed by atoms with Crippen LogP contribution in [0, 0.1) is 0 Å². The summed E-state index contributed by atoms with van der Waals surface area (Å²) in [5.74, 6) is 5.07. The number of hydrazine groups is 1. The van der Waals surface area contributed by atoms with Gasteiger partial charge in [0.15, 0.2) is 0 Å². The first-order valence-corrected chi connectivity index (χ1v) is 4.01. The molecule has 3 N–H and O–H groups in total. The van der Waals surface area contributed by atoms with Crippen molar-refractivity contribution in [3.8, 4) is 0 Å². The topological polar surface area (TPSA) is 47.3 Å². The lowest BCUT2D eigenvalue weighted by atomic mass is 10.1. The molecule has 0 aliphatic rings. The zero-order valence-electron chi connectivity index (χ0n) is 7.53. The molecule has 0 heterocycles. The number of nitrogens with two attached hydrogens (primary N) is 1. The molecule has 6 heteroatoms. The Hall–Kier alpha value is -0.330. The van der Waals surface area contributed by atoms with Crippen molar-refractivity contribution in [3.05, 3.63) is 0 Å². The molecule has 1 atom stereocenters. The summed E-state index contributed by atoms with van der Waals surface area (Å²) in [4.78, 5) is 0. The van der Waals surface area contributed by atoms with Crippen molar-refractivity contribution >= 4 is 0 Å². The van der Waals surface area contributed by atoms with E-state index in [1.54, 1.807) is 0 Å². The summed E-state index contributed by atoms with van der Waals surface area (Å²) in [6, 6.07) is -0.332. The maximum atomic E-state index is 11.8. The van der Waals surface area contributed by atoms with Gasteiger partial charge in [-0.25, -0.2) is 0 Å². The molecule has 3 nitrogen and oxygen atoms in total. The third-order valence-corrected chi connectivity index (χ3v) is 1.68. The third kappa shape index (κ3) is 8.01. The largest absolute Gasteiger partial charge is 0.389 e. The number of halogens is 3. The number of nitrogens with one attached hydrogen (secondary N) is 1. The second-order valence-corrected chi connectivity index (χ2v) is 2.80. The Kier molecular flexibility index (Phi) is 6.02. The Bertz CT molecular complexity index is 129. The highest BCUT2D eigenvalue weighted by Crippen LogP contribution is 2.22. The molecule has 0 aromatic rings. The van der Waals surface area contributed by atoms with Gasteiger partial charge in [0.1, 0.15) is 0 Å². The molecule has 13 heavy (non-hydrogen) atoms. The highest BCUT2D eigenvalue weighted by Gasteiger charge is 2.27. The van der Waals surface area contributed by atoms with Crippen molar-refractivity contribution in [2.45, 2.75) is 31.5 Å². The van der Waals surface area contributed by atoms with Gasteiger partial charge in [0.25, 0.3) is 0 Å². The van der Waals surface area contributed by atoms with Gasteiger partial charge in [-0.1, -0.05) is 0 Å². The van der Waals surface area contributed by atoms with Crippen LogP contribution in [0.3, 0.4) is 0 Å². The number of ether oxygens (including phenoxy) is 1. The molecule has 0 saturated heterocycles. The average Bonchev–Trinajstić information content (AvgIpc) is 2.03. The maximum Gasteiger partial charge on any atom is 0.389 e. The molecule has 0 aliphatic carbocycles. The van der Waals surface area contributed by atoms with E-state index >= 15 is 0 Å². The van der Waals surface area contributed by atoms with Crippen molar-refractivity contribution in [2.24, 2.45) is 5.84 Å². The number of rotatable bonds is 6. The second kappa shape index (κ2) is 6.17. The van der Waals surface area contributed by atoms with Gasteiger partial charge in [0.2, 0.25) is 0 Å². The van der Waals surface area contributed by atoms with Crippen molar-refractivity contribution in [2.75, 3.05) is 13.7 Å². The van der Waals surface area contributed by atoms with E-state index in [1.807, 2.05) is 0 Å². The quantitative estimate of drug-likeness (QED) is 0.500. The summed E-state index contributed by atoms with van der Waals surface area (Å²) in [5.41, 5.74) is 2.33. The Morgan fingerprint density at radius 1 is 1.38 bits per heavy atom. The van der Waals surface area contributed by atoms with Crippen molar-refractivity contribution in [3.63, 3.8) is 0 Å². The van der Waals surface area contributed by atoms with Crippen LogP contribution in [0.2, 0.25) is 0 Å². The minimum atomic E-state index is -4.11. The first-order valence-electron chi connectivity index (χ1n) is 4.01. The summed E-state index contributed by atoms with van der Waals surface area (Å²) in [6.07, 6.45) is -4.44. The molecule has 0 fully saturated rings. The maximum absolute atomic E-state index is 11.8. The zero-order valence-corrected chi connectivity index (χ0v) is 7.53. The fraction of sp³-hybridized carbons (Fsp3) is 1.00. The predicted molar refractivity (Wildman–Crippen MR) is 42.9 cm³/mol. The van der Waals surface area contributed by atoms with E-state index in [1.165, 1.54) is 7.11 Å². The molecule has 0 amide bonds.